The quantitative estimate of drug-likeness (QED) is 0.823. The van der Waals surface area contributed by atoms with Crippen LogP contribution in [-0.4, -0.2) is 42.3 Å². The molecule has 7 heteroatoms. The van der Waals surface area contributed by atoms with E-state index in [0.29, 0.717) is 5.17 Å². The lowest BCUT2D eigenvalue weighted by Crippen LogP contribution is -2.37. The number of hydrogen-bond donors (Lipinski definition) is 0. The Morgan fingerprint density at radius 2 is 2.00 bits per heavy atom. The fourth-order valence-electron chi connectivity index (χ4n) is 2.95. The summed E-state index contributed by atoms with van der Waals surface area (Å²) in [6, 6.07) is 7.76. The zero-order valence-electron chi connectivity index (χ0n) is 14.1. The molecule has 1 aromatic rings. The van der Waals surface area contributed by atoms with E-state index in [2.05, 4.69) is 4.99 Å². The molecule has 24 heavy (non-hydrogen) atoms. The number of aliphatic imine (C=N–C) groups is 1. The highest BCUT2D eigenvalue weighted by Gasteiger charge is 2.49. The number of carbonyl (C=O) groups is 1. The topological polar surface area (TPSA) is 66.8 Å². The Balaban J connectivity index is 1.98. The third-order valence-corrected chi connectivity index (χ3v) is 7.83. The number of amidine groups is 1. The van der Waals surface area contributed by atoms with E-state index in [1.54, 1.807) is 0 Å². The minimum absolute atomic E-state index is 0.0558. The lowest BCUT2D eigenvalue weighted by atomic mass is 10.1. The Bertz CT molecular complexity index is 772. The van der Waals surface area contributed by atoms with Crippen LogP contribution in [0.1, 0.15) is 25.8 Å². The van der Waals surface area contributed by atoms with Gasteiger partial charge in [0.2, 0.25) is 0 Å². The monoisotopic (exact) mass is 366 g/mol. The number of carbonyl (C=O) groups excluding carboxylic acids is 1. The molecule has 2 fully saturated rings. The van der Waals surface area contributed by atoms with Crippen molar-refractivity contribution in [3.8, 4) is 0 Å². The molecule has 0 N–H and O–H groups in total. The molecular formula is C17H22N2O3S2. The minimum atomic E-state index is -3.03. The van der Waals surface area contributed by atoms with E-state index in [-0.39, 0.29) is 34.6 Å². The Morgan fingerprint density at radius 3 is 2.62 bits per heavy atom. The SMILES string of the molecule is CC[C@H](C)C(=O)N=C1S[C@@H]2CS(=O)(=O)C[C@H]2N1c1ccc(C)cc1. The van der Waals surface area contributed by atoms with Crippen LogP contribution >= 0.6 is 11.8 Å². The molecule has 2 aliphatic heterocycles. The van der Waals surface area contributed by atoms with Crippen LogP contribution in [0.2, 0.25) is 0 Å². The zero-order chi connectivity index (χ0) is 17.5. The Kier molecular flexibility index (Phi) is 4.75. The van der Waals surface area contributed by atoms with Crippen molar-refractivity contribution in [2.45, 2.75) is 38.5 Å². The van der Waals surface area contributed by atoms with Gasteiger partial charge in [-0.25, -0.2) is 8.42 Å². The number of benzene rings is 1. The van der Waals surface area contributed by atoms with Gasteiger partial charge in [-0.3, -0.25) is 4.79 Å². The second-order valence-corrected chi connectivity index (χ2v) is 9.91. The Hall–Kier alpha value is -1.34. The molecule has 3 atom stereocenters. The highest BCUT2D eigenvalue weighted by molar-refractivity contribution is 8.16. The van der Waals surface area contributed by atoms with Crippen molar-refractivity contribution >= 4 is 38.4 Å². The summed E-state index contributed by atoms with van der Waals surface area (Å²) in [5, 5.41) is 0.578. The Labute approximate surface area is 147 Å². The second-order valence-electron chi connectivity index (χ2n) is 6.55. The summed E-state index contributed by atoms with van der Waals surface area (Å²) in [7, 11) is -3.03. The van der Waals surface area contributed by atoms with Crippen LogP contribution in [0.4, 0.5) is 5.69 Å². The summed E-state index contributed by atoms with van der Waals surface area (Å²) in [6.07, 6.45) is 0.742. The lowest BCUT2D eigenvalue weighted by Gasteiger charge is -2.24. The number of rotatable bonds is 3. The molecule has 0 bridgehead atoms. The van der Waals surface area contributed by atoms with E-state index in [4.69, 9.17) is 0 Å². The summed E-state index contributed by atoms with van der Waals surface area (Å²) in [4.78, 5) is 18.5. The Morgan fingerprint density at radius 1 is 1.33 bits per heavy atom. The number of amides is 1. The maximum Gasteiger partial charge on any atom is 0.250 e. The molecule has 0 aromatic heterocycles. The molecule has 0 saturated carbocycles. The molecular weight excluding hydrogens is 344 g/mol. The zero-order valence-corrected chi connectivity index (χ0v) is 15.7. The van der Waals surface area contributed by atoms with Crippen molar-refractivity contribution in [1.29, 1.82) is 0 Å². The molecule has 0 radical (unpaired) electrons. The van der Waals surface area contributed by atoms with Gasteiger partial charge in [-0.15, -0.1) is 0 Å². The first-order valence-electron chi connectivity index (χ1n) is 8.16. The molecule has 2 saturated heterocycles. The number of aryl methyl sites for hydroxylation is 1. The fraction of sp³-hybridized carbons (Fsp3) is 0.529. The predicted molar refractivity (Wildman–Crippen MR) is 99.4 cm³/mol. The first-order valence-corrected chi connectivity index (χ1v) is 10.9. The first-order chi connectivity index (χ1) is 11.3. The van der Waals surface area contributed by atoms with Gasteiger partial charge < -0.3 is 4.90 Å². The van der Waals surface area contributed by atoms with Gasteiger partial charge in [0, 0.05) is 16.9 Å². The third-order valence-electron chi connectivity index (χ3n) is 4.62. The molecule has 0 unspecified atom stereocenters. The average Bonchev–Trinajstić information content (AvgIpc) is 2.98. The average molecular weight is 367 g/mol. The number of sulfone groups is 1. The highest BCUT2D eigenvalue weighted by atomic mass is 32.2. The maximum atomic E-state index is 12.3. The van der Waals surface area contributed by atoms with Crippen molar-refractivity contribution in [1.82, 2.24) is 0 Å². The number of nitrogens with zero attached hydrogens (tertiary/aromatic N) is 2. The molecule has 0 aliphatic carbocycles. The molecule has 1 aromatic carbocycles. The van der Waals surface area contributed by atoms with Gasteiger partial charge in [0.25, 0.3) is 5.91 Å². The fourth-order valence-corrected chi connectivity index (χ4v) is 6.87. The van der Waals surface area contributed by atoms with E-state index in [1.807, 2.05) is 49.9 Å². The van der Waals surface area contributed by atoms with E-state index in [1.165, 1.54) is 11.8 Å². The number of anilines is 1. The number of thioether (sulfide) groups is 1. The molecule has 2 aliphatic rings. The van der Waals surface area contributed by atoms with Gasteiger partial charge in [0.1, 0.15) is 0 Å². The largest absolute Gasteiger partial charge is 0.316 e. The van der Waals surface area contributed by atoms with Crippen molar-refractivity contribution < 1.29 is 13.2 Å². The van der Waals surface area contributed by atoms with Crippen LogP contribution in [0.5, 0.6) is 0 Å². The molecule has 2 heterocycles. The van der Waals surface area contributed by atoms with Gasteiger partial charge in [0.15, 0.2) is 15.0 Å². The second kappa shape index (κ2) is 6.52. The first kappa shape index (κ1) is 17.5. The van der Waals surface area contributed by atoms with Crippen molar-refractivity contribution in [2.24, 2.45) is 10.9 Å². The molecule has 0 spiro atoms. The summed E-state index contributed by atoms with van der Waals surface area (Å²) in [5.41, 5.74) is 2.03. The van der Waals surface area contributed by atoms with Crippen molar-refractivity contribution in [3.05, 3.63) is 29.8 Å². The van der Waals surface area contributed by atoms with Crippen LogP contribution in [0.25, 0.3) is 0 Å². The third kappa shape index (κ3) is 3.37. The van der Waals surface area contributed by atoms with Crippen molar-refractivity contribution in [3.63, 3.8) is 0 Å². The summed E-state index contributed by atoms with van der Waals surface area (Å²) >= 11 is 1.42. The summed E-state index contributed by atoms with van der Waals surface area (Å²) in [6.45, 7) is 5.84. The molecule has 5 nitrogen and oxygen atoms in total. The van der Waals surface area contributed by atoms with Crippen LogP contribution in [0.15, 0.2) is 29.3 Å². The van der Waals surface area contributed by atoms with E-state index in [0.717, 1.165) is 17.7 Å². The van der Waals surface area contributed by atoms with Crippen LogP contribution < -0.4 is 4.90 Å². The van der Waals surface area contributed by atoms with Crippen LogP contribution in [0, 0.1) is 12.8 Å². The number of fused-ring (bicyclic) bond motifs is 1. The van der Waals surface area contributed by atoms with Crippen molar-refractivity contribution in [2.75, 3.05) is 16.4 Å². The maximum absolute atomic E-state index is 12.3. The van der Waals surface area contributed by atoms with E-state index < -0.39 is 9.84 Å². The normalized spacial score (nSPS) is 28.1. The molecule has 3 rings (SSSR count). The minimum Gasteiger partial charge on any atom is -0.316 e. The molecule has 1 amide bonds. The van der Waals surface area contributed by atoms with Gasteiger partial charge in [-0.1, -0.05) is 43.3 Å². The van der Waals surface area contributed by atoms with Gasteiger partial charge in [-0.2, -0.15) is 4.99 Å². The van der Waals surface area contributed by atoms with Gasteiger partial charge in [0.05, 0.1) is 17.5 Å². The smallest absolute Gasteiger partial charge is 0.250 e. The number of hydrogen-bond acceptors (Lipinski definition) is 4. The standard InChI is InChI=1S/C17H22N2O3S2/c1-4-12(3)16(20)18-17-19(13-7-5-11(2)6-8-13)14-9-24(21,22)10-15(14)23-17/h5-8,12,14-15H,4,9-10H2,1-3H3/t12-,14+,15+/m0/s1. The van der Waals surface area contributed by atoms with Crippen LogP contribution in [0.3, 0.4) is 0 Å². The van der Waals surface area contributed by atoms with E-state index >= 15 is 0 Å². The highest BCUT2D eigenvalue weighted by Crippen LogP contribution is 2.41. The van der Waals surface area contributed by atoms with Crippen LogP contribution in [-0.2, 0) is 14.6 Å². The van der Waals surface area contributed by atoms with Gasteiger partial charge >= 0.3 is 0 Å². The lowest BCUT2D eigenvalue weighted by molar-refractivity contribution is -0.121. The summed E-state index contributed by atoms with van der Waals surface area (Å²) < 4.78 is 24.0. The van der Waals surface area contributed by atoms with E-state index in [9.17, 15) is 13.2 Å². The predicted octanol–water partition coefficient (Wildman–Crippen LogP) is 2.64. The summed E-state index contributed by atoms with van der Waals surface area (Å²) in [5.74, 6) is 0.0122. The molecule has 130 valence electrons. The van der Waals surface area contributed by atoms with Gasteiger partial charge in [-0.05, 0) is 25.5 Å².